The zero-order valence-electron chi connectivity index (χ0n) is 21.7. The Hall–Kier alpha value is -2.04. The Bertz CT molecular complexity index is 755. The molecule has 0 spiro atoms. The second-order valence-electron chi connectivity index (χ2n) is 11.8. The number of nitrogens with one attached hydrogen (secondary N) is 1. The van der Waals surface area contributed by atoms with Crippen molar-refractivity contribution in [2.24, 2.45) is 16.7 Å². The molecule has 0 radical (unpaired) electrons. The fourth-order valence-corrected chi connectivity index (χ4v) is 3.47. The van der Waals surface area contributed by atoms with Gasteiger partial charge in [-0.3, -0.25) is 9.59 Å². The molecular formula is C26H45N3O2. The molecule has 0 aliphatic heterocycles. The van der Waals surface area contributed by atoms with Gasteiger partial charge in [-0.25, -0.2) is 0 Å². The van der Waals surface area contributed by atoms with Crippen LogP contribution in [0.4, 0.5) is 11.4 Å². The molecule has 2 amide bonds. The molecule has 5 nitrogen and oxygen atoms in total. The minimum atomic E-state index is -0.0702. The molecule has 0 aromatic heterocycles. The number of amides is 2. The Morgan fingerprint density at radius 1 is 0.935 bits per heavy atom. The summed E-state index contributed by atoms with van der Waals surface area (Å²) in [6.45, 7) is 19.4. The zero-order chi connectivity index (χ0) is 24.1. The predicted octanol–water partition coefficient (Wildman–Crippen LogP) is 5.94. The summed E-state index contributed by atoms with van der Waals surface area (Å²) in [7, 11) is 4.01. The molecule has 0 aliphatic carbocycles. The minimum absolute atomic E-state index is 0.00673. The van der Waals surface area contributed by atoms with Gasteiger partial charge in [0.05, 0.1) is 0 Å². The standard InChI is InChI=1S/C26H45N3O2/c1-18(2)19(3)29(24(31)16-26(7,8)9)17-20-14-21(12-13-22(20)28(10)11)27-23(30)15-25(4,5)6/h12-14,18-19H,15-17H2,1-11H3,(H,27,30). The molecule has 0 saturated carbocycles. The summed E-state index contributed by atoms with van der Waals surface area (Å²) in [6, 6.07) is 6.09. The molecule has 1 unspecified atom stereocenters. The maximum atomic E-state index is 13.3. The first-order valence-corrected chi connectivity index (χ1v) is 11.4. The van der Waals surface area contributed by atoms with Crippen molar-refractivity contribution in [3.63, 3.8) is 0 Å². The van der Waals surface area contributed by atoms with E-state index < -0.39 is 0 Å². The van der Waals surface area contributed by atoms with Crippen LogP contribution < -0.4 is 10.2 Å². The lowest BCUT2D eigenvalue weighted by Crippen LogP contribution is -2.42. The summed E-state index contributed by atoms with van der Waals surface area (Å²) in [5, 5.41) is 3.04. The van der Waals surface area contributed by atoms with Gasteiger partial charge in [0.25, 0.3) is 0 Å². The summed E-state index contributed by atoms with van der Waals surface area (Å²) in [5.74, 6) is 0.522. The number of carbonyl (C=O) groups is 2. The number of hydrogen-bond donors (Lipinski definition) is 1. The SMILES string of the molecule is CC(C)C(C)N(Cc1cc(NC(=O)CC(C)(C)C)ccc1N(C)C)C(=O)CC(C)(C)C. The molecular weight excluding hydrogens is 386 g/mol. The van der Waals surface area contributed by atoms with Gasteiger partial charge in [-0.15, -0.1) is 0 Å². The molecule has 0 aliphatic rings. The molecule has 0 fully saturated rings. The Morgan fingerprint density at radius 2 is 1.48 bits per heavy atom. The molecule has 0 saturated heterocycles. The highest BCUT2D eigenvalue weighted by Crippen LogP contribution is 2.29. The Kier molecular flexibility index (Phi) is 9.16. The maximum absolute atomic E-state index is 13.3. The van der Waals surface area contributed by atoms with Crippen LogP contribution >= 0.6 is 0 Å². The van der Waals surface area contributed by atoms with Gasteiger partial charge in [-0.2, -0.15) is 0 Å². The summed E-state index contributed by atoms with van der Waals surface area (Å²) >= 11 is 0. The lowest BCUT2D eigenvalue weighted by atomic mass is 9.90. The number of carbonyl (C=O) groups excluding carboxylic acids is 2. The monoisotopic (exact) mass is 431 g/mol. The topological polar surface area (TPSA) is 52.7 Å². The Balaban J connectivity index is 3.27. The smallest absolute Gasteiger partial charge is 0.224 e. The van der Waals surface area contributed by atoms with Crippen LogP contribution in [0.5, 0.6) is 0 Å². The molecule has 1 rings (SSSR count). The van der Waals surface area contributed by atoms with Crippen LogP contribution in [0, 0.1) is 16.7 Å². The van der Waals surface area contributed by atoms with Crippen molar-refractivity contribution in [3.05, 3.63) is 23.8 Å². The molecule has 5 heteroatoms. The Labute approximate surface area is 190 Å². The molecule has 1 N–H and O–H groups in total. The van der Waals surface area contributed by atoms with Crippen LogP contribution in [0.2, 0.25) is 0 Å². The van der Waals surface area contributed by atoms with Gasteiger partial charge in [0.1, 0.15) is 0 Å². The molecule has 1 aromatic carbocycles. The molecule has 31 heavy (non-hydrogen) atoms. The van der Waals surface area contributed by atoms with Crippen LogP contribution in [-0.2, 0) is 16.1 Å². The summed E-state index contributed by atoms with van der Waals surface area (Å²) in [4.78, 5) is 29.8. The number of anilines is 2. The van der Waals surface area contributed by atoms with Crippen molar-refractivity contribution in [2.45, 2.75) is 87.7 Å². The van der Waals surface area contributed by atoms with Crippen LogP contribution in [-0.4, -0.2) is 36.9 Å². The van der Waals surface area contributed by atoms with Crippen LogP contribution in [0.1, 0.15) is 80.7 Å². The predicted molar refractivity (Wildman–Crippen MR) is 132 cm³/mol. The first-order valence-electron chi connectivity index (χ1n) is 11.4. The zero-order valence-corrected chi connectivity index (χ0v) is 21.7. The van der Waals surface area contributed by atoms with E-state index in [1.165, 1.54) is 0 Å². The second-order valence-corrected chi connectivity index (χ2v) is 11.8. The van der Waals surface area contributed by atoms with E-state index in [0.29, 0.717) is 25.3 Å². The third kappa shape index (κ3) is 9.32. The van der Waals surface area contributed by atoms with E-state index in [-0.39, 0.29) is 28.7 Å². The average Bonchev–Trinajstić information content (AvgIpc) is 2.55. The molecule has 0 bridgehead atoms. The largest absolute Gasteiger partial charge is 0.377 e. The lowest BCUT2D eigenvalue weighted by Gasteiger charge is -2.35. The normalized spacial score (nSPS) is 13.2. The van der Waals surface area contributed by atoms with E-state index in [1.54, 1.807) is 0 Å². The van der Waals surface area contributed by atoms with Gasteiger partial charge in [-0.1, -0.05) is 55.4 Å². The fourth-order valence-electron chi connectivity index (χ4n) is 3.47. The van der Waals surface area contributed by atoms with Crippen LogP contribution in [0.25, 0.3) is 0 Å². The first kappa shape index (κ1) is 27.0. The van der Waals surface area contributed by atoms with E-state index in [4.69, 9.17) is 0 Å². The van der Waals surface area contributed by atoms with E-state index in [0.717, 1.165) is 16.9 Å². The average molecular weight is 432 g/mol. The van der Waals surface area contributed by atoms with Gasteiger partial charge in [0.2, 0.25) is 11.8 Å². The van der Waals surface area contributed by atoms with E-state index in [2.05, 4.69) is 72.5 Å². The number of nitrogens with zero attached hydrogens (tertiary/aromatic N) is 2. The molecule has 1 aromatic rings. The molecule has 0 heterocycles. The highest BCUT2D eigenvalue weighted by Gasteiger charge is 2.27. The third-order valence-corrected chi connectivity index (χ3v) is 5.33. The summed E-state index contributed by atoms with van der Waals surface area (Å²) < 4.78 is 0. The molecule has 176 valence electrons. The van der Waals surface area contributed by atoms with Gasteiger partial charge in [0.15, 0.2) is 0 Å². The van der Waals surface area contributed by atoms with Crippen molar-refractivity contribution in [1.29, 1.82) is 0 Å². The van der Waals surface area contributed by atoms with E-state index in [1.807, 2.05) is 37.2 Å². The second kappa shape index (κ2) is 10.5. The summed E-state index contributed by atoms with van der Waals surface area (Å²) in [5.41, 5.74) is 2.72. The lowest BCUT2D eigenvalue weighted by molar-refractivity contribution is -0.136. The van der Waals surface area contributed by atoms with Crippen molar-refractivity contribution >= 4 is 23.2 Å². The number of hydrogen-bond acceptors (Lipinski definition) is 3. The van der Waals surface area contributed by atoms with Crippen molar-refractivity contribution in [2.75, 3.05) is 24.3 Å². The fraction of sp³-hybridized carbons (Fsp3) is 0.692. The van der Waals surface area contributed by atoms with Crippen molar-refractivity contribution in [3.8, 4) is 0 Å². The third-order valence-electron chi connectivity index (χ3n) is 5.33. The van der Waals surface area contributed by atoms with Gasteiger partial charge >= 0.3 is 0 Å². The highest BCUT2D eigenvalue weighted by molar-refractivity contribution is 5.91. The van der Waals surface area contributed by atoms with Crippen molar-refractivity contribution < 1.29 is 9.59 Å². The van der Waals surface area contributed by atoms with Crippen LogP contribution in [0.3, 0.4) is 0 Å². The highest BCUT2D eigenvalue weighted by atomic mass is 16.2. The van der Waals surface area contributed by atoms with E-state index in [9.17, 15) is 9.59 Å². The van der Waals surface area contributed by atoms with Gasteiger partial charge < -0.3 is 15.1 Å². The van der Waals surface area contributed by atoms with E-state index >= 15 is 0 Å². The maximum Gasteiger partial charge on any atom is 0.224 e. The number of rotatable bonds is 8. The quantitative estimate of drug-likeness (QED) is 0.554. The van der Waals surface area contributed by atoms with Crippen molar-refractivity contribution in [1.82, 2.24) is 4.90 Å². The Morgan fingerprint density at radius 3 is 1.94 bits per heavy atom. The van der Waals surface area contributed by atoms with Crippen LogP contribution in [0.15, 0.2) is 18.2 Å². The van der Waals surface area contributed by atoms with Gasteiger partial charge in [0, 0.05) is 50.9 Å². The molecule has 1 atom stereocenters. The minimum Gasteiger partial charge on any atom is -0.377 e. The summed E-state index contributed by atoms with van der Waals surface area (Å²) in [6.07, 6.45) is 0.960. The first-order chi connectivity index (χ1) is 14.0. The number of benzene rings is 1. The van der Waals surface area contributed by atoms with Gasteiger partial charge in [-0.05, 0) is 47.4 Å².